The third-order valence-electron chi connectivity index (χ3n) is 6.02. The second-order valence-electron chi connectivity index (χ2n) is 8.24. The molecule has 0 fully saturated rings. The maximum atomic E-state index is 14.1. The summed E-state index contributed by atoms with van der Waals surface area (Å²) in [5.74, 6) is 0.468. The zero-order chi connectivity index (χ0) is 24.8. The Balaban J connectivity index is 1.49. The molecule has 4 aromatic rings. The molecule has 6 rings (SSSR count). The number of allylic oxidation sites excluding steroid dienone is 1. The summed E-state index contributed by atoms with van der Waals surface area (Å²) in [6, 6.07) is 15.6. The Morgan fingerprint density at radius 1 is 0.972 bits per heavy atom. The number of hydrogen-bond donors (Lipinski definition) is 1. The molecule has 2 aliphatic heterocycles. The molecule has 3 aromatic carbocycles. The van der Waals surface area contributed by atoms with Gasteiger partial charge in [0.05, 0.1) is 17.3 Å². The van der Waals surface area contributed by atoms with Crippen LogP contribution in [0.4, 0.5) is 19.3 Å². The van der Waals surface area contributed by atoms with Crippen LogP contribution in [0.2, 0.25) is 0 Å². The van der Waals surface area contributed by atoms with Gasteiger partial charge in [-0.25, -0.2) is 13.6 Å². The fourth-order valence-electron chi connectivity index (χ4n) is 4.37. The molecule has 0 aliphatic carbocycles. The first kappa shape index (κ1) is 21.8. The Bertz CT molecular complexity index is 1530. The van der Waals surface area contributed by atoms with Crippen molar-refractivity contribution in [1.29, 1.82) is 0 Å². The molecule has 1 N–H and O–H groups in total. The number of amides is 2. The predicted octanol–water partition coefficient (Wildman–Crippen LogP) is 5.45. The van der Waals surface area contributed by atoms with Crippen LogP contribution in [0.15, 0.2) is 77.0 Å². The summed E-state index contributed by atoms with van der Waals surface area (Å²) in [5, 5.41) is 6.93. The first-order valence-electron chi connectivity index (χ1n) is 11.0. The number of halogens is 2. The number of hydrogen-bond acceptors (Lipinski definition) is 6. The largest absolute Gasteiger partial charge is 0.454 e. The van der Waals surface area contributed by atoms with E-state index in [1.165, 1.54) is 29.2 Å². The van der Waals surface area contributed by atoms with Crippen molar-refractivity contribution in [3.63, 3.8) is 0 Å². The second kappa shape index (κ2) is 8.49. The topological polar surface area (TPSA) is 89.7 Å². The number of nitrogens with one attached hydrogen (secondary N) is 1. The Morgan fingerprint density at radius 3 is 2.56 bits per heavy atom. The van der Waals surface area contributed by atoms with Crippen molar-refractivity contribution in [3.8, 4) is 22.9 Å². The van der Waals surface area contributed by atoms with Gasteiger partial charge < -0.3 is 19.3 Å². The van der Waals surface area contributed by atoms with Crippen molar-refractivity contribution in [2.24, 2.45) is 0 Å². The number of benzene rings is 3. The minimum atomic E-state index is -0.778. The highest BCUT2D eigenvalue weighted by atomic mass is 19.1. The van der Waals surface area contributed by atoms with Gasteiger partial charge in [-0.3, -0.25) is 4.90 Å². The molecule has 36 heavy (non-hydrogen) atoms. The highest BCUT2D eigenvalue weighted by Crippen LogP contribution is 2.42. The van der Waals surface area contributed by atoms with Crippen molar-refractivity contribution >= 4 is 17.3 Å². The Labute approximate surface area is 203 Å². The van der Waals surface area contributed by atoms with E-state index in [1.807, 2.05) is 0 Å². The zero-order valence-electron chi connectivity index (χ0n) is 18.9. The maximum absolute atomic E-state index is 14.1. The van der Waals surface area contributed by atoms with Gasteiger partial charge in [0.1, 0.15) is 11.6 Å². The van der Waals surface area contributed by atoms with Crippen LogP contribution in [-0.4, -0.2) is 23.0 Å². The number of aromatic nitrogens is 2. The lowest BCUT2D eigenvalue weighted by Gasteiger charge is -2.35. The monoisotopic (exact) mass is 488 g/mol. The molecule has 2 aliphatic rings. The van der Waals surface area contributed by atoms with Crippen LogP contribution in [0.1, 0.15) is 24.4 Å². The molecule has 1 unspecified atom stereocenters. The average molecular weight is 488 g/mol. The quantitative estimate of drug-likeness (QED) is 0.411. The van der Waals surface area contributed by atoms with Crippen LogP contribution in [0, 0.1) is 11.6 Å². The van der Waals surface area contributed by atoms with E-state index in [0.29, 0.717) is 39.6 Å². The van der Waals surface area contributed by atoms with Crippen LogP contribution in [0.25, 0.3) is 17.0 Å². The number of fused-ring (bicyclic) bond motifs is 1. The standard InChI is InChI=1S/C26H18F2N4O4/c1-14-22(25-30-24(31-36-25)16-5-3-7-18(28)11-16)23(15-4-2-6-17(27)10-15)29-26(33)32(14)19-8-9-20-21(12-19)35-13-34-20/h2-12,23H,13H2,1H3,(H,29,33). The summed E-state index contributed by atoms with van der Waals surface area (Å²) in [6.45, 7) is 1.83. The number of anilines is 1. The van der Waals surface area contributed by atoms with E-state index < -0.39 is 23.7 Å². The van der Waals surface area contributed by atoms with Crippen LogP contribution in [0.5, 0.6) is 11.5 Å². The van der Waals surface area contributed by atoms with Gasteiger partial charge in [-0.2, -0.15) is 4.98 Å². The normalized spacial score (nSPS) is 16.9. The van der Waals surface area contributed by atoms with Crippen molar-refractivity contribution in [2.45, 2.75) is 13.0 Å². The lowest BCUT2D eigenvalue weighted by molar-refractivity contribution is 0.174. The third kappa shape index (κ3) is 3.72. The lowest BCUT2D eigenvalue weighted by atomic mass is 9.94. The van der Waals surface area contributed by atoms with Gasteiger partial charge in [-0.15, -0.1) is 0 Å². The van der Waals surface area contributed by atoms with Gasteiger partial charge in [0.2, 0.25) is 12.6 Å². The van der Waals surface area contributed by atoms with E-state index >= 15 is 0 Å². The van der Waals surface area contributed by atoms with Crippen LogP contribution < -0.4 is 19.7 Å². The minimum Gasteiger partial charge on any atom is -0.454 e. The number of ether oxygens (including phenoxy) is 2. The van der Waals surface area contributed by atoms with E-state index in [1.54, 1.807) is 49.4 Å². The minimum absolute atomic E-state index is 0.0948. The molecule has 2 amide bonds. The summed E-state index contributed by atoms with van der Waals surface area (Å²) in [4.78, 5) is 19.3. The molecule has 1 atom stereocenters. The molecule has 0 radical (unpaired) electrons. The van der Waals surface area contributed by atoms with Crippen molar-refractivity contribution in [2.75, 3.05) is 11.7 Å². The van der Waals surface area contributed by atoms with Crippen molar-refractivity contribution in [3.05, 3.63) is 95.5 Å². The number of urea groups is 1. The van der Waals surface area contributed by atoms with E-state index in [4.69, 9.17) is 14.0 Å². The second-order valence-corrected chi connectivity index (χ2v) is 8.24. The average Bonchev–Trinajstić information content (AvgIpc) is 3.53. The van der Waals surface area contributed by atoms with Gasteiger partial charge in [0, 0.05) is 17.3 Å². The van der Waals surface area contributed by atoms with Crippen LogP contribution >= 0.6 is 0 Å². The molecule has 0 saturated heterocycles. The number of rotatable bonds is 4. The molecular formula is C26H18F2N4O4. The molecule has 8 nitrogen and oxygen atoms in total. The molecular weight excluding hydrogens is 470 g/mol. The van der Waals surface area contributed by atoms with E-state index in [9.17, 15) is 13.6 Å². The van der Waals surface area contributed by atoms with Crippen molar-refractivity contribution < 1.29 is 27.6 Å². The van der Waals surface area contributed by atoms with Crippen LogP contribution in [-0.2, 0) is 0 Å². The number of nitrogens with zero attached hydrogens (tertiary/aromatic N) is 3. The summed E-state index contributed by atoms with van der Waals surface area (Å²) >= 11 is 0. The van der Waals surface area contributed by atoms with E-state index in [2.05, 4.69) is 15.5 Å². The Hall–Kier alpha value is -4.73. The van der Waals surface area contributed by atoms with Gasteiger partial charge in [0.15, 0.2) is 11.5 Å². The fourth-order valence-corrected chi connectivity index (χ4v) is 4.37. The predicted molar refractivity (Wildman–Crippen MR) is 125 cm³/mol. The summed E-state index contributed by atoms with van der Waals surface area (Å²) in [7, 11) is 0. The summed E-state index contributed by atoms with van der Waals surface area (Å²) in [5.41, 5.74) is 2.40. The van der Waals surface area contributed by atoms with Crippen LogP contribution in [0.3, 0.4) is 0 Å². The smallest absolute Gasteiger partial charge is 0.327 e. The third-order valence-corrected chi connectivity index (χ3v) is 6.02. The number of carbonyl (C=O) groups is 1. The first-order valence-corrected chi connectivity index (χ1v) is 11.0. The zero-order valence-corrected chi connectivity index (χ0v) is 18.9. The van der Waals surface area contributed by atoms with Crippen molar-refractivity contribution in [1.82, 2.24) is 15.5 Å². The molecule has 3 heterocycles. The fraction of sp³-hybridized carbons (Fsp3) is 0.115. The van der Waals surface area contributed by atoms with Gasteiger partial charge >= 0.3 is 6.03 Å². The highest BCUT2D eigenvalue weighted by molar-refractivity contribution is 6.01. The number of carbonyl (C=O) groups excluding carboxylic acids is 1. The molecule has 10 heteroatoms. The first-order chi connectivity index (χ1) is 17.5. The molecule has 0 bridgehead atoms. The lowest BCUT2D eigenvalue weighted by Crippen LogP contribution is -2.46. The van der Waals surface area contributed by atoms with E-state index in [-0.39, 0.29) is 18.5 Å². The van der Waals surface area contributed by atoms with Gasteiger partial charge in [-0.05, 0) is 48.9 Å². The SMILES string of the molecule is CC1=C(c2nc(-c3cccc(F)c3)no2)C(c2cccc(F)c2)NC(=O)N1c1ccc2c(c1)OCO2. The highest BCUT2D eigenvalue weighted by Gasteiger charge is 2.37. The Kier molecular flexibility index (Phi) is 5.14. The summed E-state index contributed by atoms with van der Waals surface area (Å²) < 4.78 is 44.3. The Morgan fingerprint density at radius 2 is 1.75 bits per heavy atom. The maximum Gasteiger partial charge on any atom is 0.327 e. The van der Waals surface area contributed by atoms with Gasteiger partial charge in [0.25, 0.3) is 5.89 Å². The van der Waals surface area contributed by atoms with Gasteiger partial charge in [-0.1, -0.05) is 29.4 Å². The molecule has 180 valence electrons. The molecule has 0 spiro atoms. The summed E-state index contributed by atoms with van der Waals surface area (Å²) in [6.07, 6.45) is 0. The molecule has 0 saturated carbocycles. The van der Waals surface area contributed by atoms with E-state index in [0.717, 1.165) is 0 Å². The molecule has 1 aromatic heterocycles.